The zero-order valence-corrected chi connectivity index (χ0v) is 18.4. The van der Waals surface area contributed by atoms with E-state index in [2.05, 4.69) is 21.7 Å². The summed E-state index contributed by atoms with van der Waals surface area (Å²) >= 11 is 0. The zero-order valence-electron chi connectivity index (χ0n) is 18.4. The molecule has 13 heteroatoms. The molecule has 0 bridgehead atoms. The SMILES string of the molecule is FC(F)(F)C1(c2ccc(COCCOCCOCc3ccc(C4(C(F)(F)F)NN4)cc3)cc2)NN1. The predicted octanol–water partition coefficient (Wildman–Crippen LogP) is 3.08. The Kier molecular flexibility index (Phi) is 7.38. The van der Waals surface area contributed by atoms with E-state index in [-0.39, 0.29) is 24.3 Å². The summed E-state index contributed by atoms with van der Waals surface area (Å²) in [4.78, 5) is 0. The van der Waals surface area contributed by atoms with Crippen LogP contribution in [-0.2, 0) is 38.8 Å². The first kappa shape index (κ1) is 25.8. The van der Waals surface area contributed by atoms with Crippen LogP contribution in [0.2, 0.25) is 0 Å². The normalized spacial score (nSPS) is 18.5. The Balaban J connectivity index is 1.06. The van der Waals surface area contributed by atoms with Crippen LogP contribution in [0.4, 0.5) is 26.3 Å². The first-order valence-corrected chi connectivity index (χ1v) is 10.7. The number of hydrogen-bond acceptors (Lipinski definition) is 7. The van der Waals surface area contributed by atoms with Crippen LogP contribution in [0.15, 0.2) is 48.5 Å². The van der Waals surface area contributed by atoms with Gasteiger partial charge in [-0.25, -0.2) is 21.7 Å². The third kappa shape index (κ3) is 5.77. The molecule has 2 aliphatic rings. The molecule has 4 rings (SSSR count). The number of rotatable bonds is 12. The standard InChI is InChI=1S/C22H24F6N4O3/c23-21(24,25)19(29-30-19)17-5-1-15(2-6-17)13-34-11-9-33-10-12-35-14-16-3-7-18(8-4-16)20(31-32-20)22(26,27)28/h1-8,29-32H,9-14H2. The van der Waals surface area contributed by atoms with E-state index in [0.29, 0.717) is 26.4 Å². The fourth-order valence-corrected chi connectivity index (χ4v) is 3.44. The highest BCUT2D eigenvalue weighted by molar-refractivity contribution is 5.33. The fourth-order valence-electron chi connectivity index (χ4n) is 3.44. The van der Waals surface area contributed by atoms with Crippen molar-refractivity contribution in [3.63, 3.8) is 0 Å². The van der Waals surface area contributed by atoms with E-state index in [1.165, 1.54) is 24.3 Å². The third-order valence-corrected chi connectivity index (χ3v) is 5.66. The predicted molar refractivity (Wildman–Crippen MR) is 111 cm³/mol. The molecule has 0 atom stereocenters. The maximum atomic E-state index is 13.0. The third-order valence-electron chi connectivity index (χ3n) is 5.66. The fraction of sp³-hybridized carbons (Fsp3) is 0.455. The molecule has 2 heterocycles. The Morgan fingerprint density at radius 3 is 1.11 bits per heavy atom. The van der Waals surface area contributed by atoms with E-state index >= 15 is 0 Å². The smallest absolute Gasteiger partial charge is 0.377 e. The van der Waals surface area contributed by atoms with Gasteiger partial charge in [-0.3, -0.25) is 0 Å². The molecular formula is C22H24F6N4O3. The van der Waals surface area contributed by atoms with Crippen LogP contribution >= 0.6 is 0 Å². The van der Waals surface area contributed by atoms with Crippen LogP contribution in [0, 0.1) is 0 Å². The van der Waals surface area contributed by atoms with Gasteiger partial charge in [-0.15, -0.1) is 0 Å². The molecule has 2 aromatic rings. The van der Waals surface area contributed by atoms with Gasteiger partial charge in [-0.1, -0.05) is 48.5 Å². The molecule has 2 aromatic carbocycles. The summed E-state index contributed by atoms with van der Waals surface area (Å²) in [6.07, 6.45) is -8.88. The van der Waals surface area contributed by atoms with Crippen molar-refractivity contribution < 1.29 is 40.6 Å². The lowest BCUT2D eigenvalue weighted by atomic mass is 10.0. The zero-order chi connectivity index (χ0) is 25.2. The van der Waals surface area contributed by atoms with Gasteiger partial charge < -0.3 is 14.2 Å². The van der Waals surface area contributed by atoms with Crippen LogP contribution in [0.5, 0.6) is 0 Å². The largest absolute Gasteiger partial charge is 0.426 e. The Morgan fingerprint density at radius 2 is 0.829 bits per heavy atom. The number of ether oxygens (including phenoxy) is 3. The minimum Gasteiger partial charge on any atom is -0.377 e. The molecule has 0 spiro atoms. The van der Waals surface area contributed by atoms with Gasteiger partial charge in [0.2, 0.25) is 11.3 Å². The highest BCUT2D eigenvalue weighted by atomic mass is 19.4. The molecule has 0 aliphatic carbocycles. The van der Waals surface area contributed by atoms with E-state index in [1.807, 2.05) is 0 Å². The monoisotopic (exact) mass is 506 g/mol. The molecule has 192 valence electrons. The quantitative estimate of drug-likeness (QED) is 0.199. The number of alkyl halides is 6. The second kappa shape index (κ2) is 10.0. The van der Waals surface area contributed by atoms with Gasteiger partial charge in [0.15, 0.2) is 0 Å². The van der Waals surface area contributed by atoms with Crippen molar-refractivity contribution in [1.29, 1.82) is 0 Å². The topological polar surface area (TPSA) is 115 Å². The van der Waals surface area contributed by atoms with Crippen molar-refractivity contribution in [2.24, 2.45) is 0 Å². The van der Waals surface area contributed by atoms with Crippen molar-refractivity contribution in [3.8, 4) is 0 Å². The van der Waals surface area contributed by atoms with Gasteiger partial charge >= 0.3 is 12.4 Å². The summed E-state index contributed by atoms with van der Waals surface area (Å²) in [6.45, 7) is 1.67. The lowest BCUT2D eigenvalue weighted by Gasteiger charge is -2.16. The summed E-state index contributed by atoms with van der Waals surface area (Å²) in [5.74, 6) is 0. The van der Waals surface area contributed by atoms with E-state index in [1.54, 1.807) is 24.3 Å². The van der Waals surface area contributed by atoms with E-state index < -0.39 is 23.7 Å². The molecule has 0 amide bonds. The second-order valence-corrected chi connectivity index (χ2v) is 8.11. The number of hydrazine groups is 2. The van der Waals surface area contributed by atoms with E-state index in [9.17, 15) is 26.3 Å². The van der Waals surface area contributed by atoms with Crippen molar-refractivity contribution in [1.82, 2.24) is 21.7 Å². The van der Waals surface area contributed by atoms with Gasteiger partial charge in [0, 0.05) is 0 Å². The molecule has 0 unspecified atom stereocenters. The molecule has 0 aromatic heterocycles. The van der Waals surface area contributed by atoms with Gasteiger partial charge in [0.1, 0.15) is 0 Å². The minimum atomic E-state index is -4.44. The minimum absolute atomic E-state index is 0.0789. The molecule has 4 N–H and O–H groups in total. The molecular weight excluding hydrogens is 482 g/mol. The summed E-state index contributed by atoms with van der Waals surface area (Å²) in [5, 5.41) is 0. The molecule has 7 nitrogen and oxygen atoms in total. The lowest BCUT2D eigenvalue weighted by molar-refractivity contribution is -0.166. The average molecular weight is 506 g/mol. The Morgan fingerprint density at radius 1 is 0.514 bits per heavy atom. The summed E-state index contributed by atoms with van der Waals surface area (Å²) in [5.41, 5.74) is 5.89. The number of halogens is 6. The number of benzene rings is 2. The van der Waals surface area contributed by atoms with Crippen LogP contribution in [0.3, 0.4) is 0 Å². The molecule has 2 fully saturated rings. The summed E-state index contributed by atoms with van der Waals surface area (Å²) in [6, 6.07) is 11.9. The first-order chi connectivity index (χ1) is 16.6. The van der Waals surface area contributed by atoms with Crippen molar-refractivity contribution >= 4 is 0 Å². The lowest BCUT2D eigenvalue weighted by Crippen LogP contribution is -2.34. The Hall–Kier alpha value is -2.26. The van der Waals surface area contributed by atoms with Gasteiger partial charge in [-0.05, 0) is 22.3 Å². The summed E-state index contributed by atoms with van der Waals surface area (Å²) < 4.78 is 94.6. The molecule has 2 saturated heterocycles. The Bertz CT molecular complexity index is 895. The highest BCUT2D eigenvalue weighted by Gasteiger charge is 2.66. The van der Waals surface area contributed by atoms with Crippen LogP contribution in [-0.4, -0.2) is 38.8 Å². The maximum absolute atomic E-state index is 13.0. The molecule has 2 aliphatic heterocycles. The van der Waals surface area contributed by atoms with Gasteiger partial charge in [0.25, 0.3) is 0 Å². The van der Waals surface area contributed by atoms with E-state index in [0.717, 1.165) is 11.1 Å². The van der Waals surface area contributed by atoms with Crippen molar-refractivity contribution in [2.45, 2.75) is 36.9 Å². The molecule has 0 radical (unpaired) electrons. The highest BCUT2D eigenvalue weighted by Crippen LogP contribution is 2.43. The summed E-state index contributed by atoms with van der Waals surface area (Å²) in [7, 11) is 0. The average Bonchev–Trinajstić information content (AvgIpc) is 3.71. The second-order valence-electron chi connectivity index (χ2n) is 8.11. The first-order valence-electron chi connectivity index (χ1n) is 10.7. The number of nitrogens with one attached hydrogen (secondary N) is 4. The maximum Gasteiger partial charge on any atom is 0.426 e. The van der Waals surface area contributed by atoms with Gasteiger partial charge in [-0.2, -0.15) is 26.3 Å². The number of hydrogen-bond donors (Lipinski definition) is 4. The van der Waals surface area contributed by atoms with Crippen LogP contribution in [0.25, 0.3) is 0 Å². The van der Waals surface area contributed by atoms with Gasteiger partial charge in [0.05, 0.1) is 39.6 Å². The van der Waals surface area contributed by atoms with Crippen molar-refractivity contribution in [2.75, 3.05) is 26.4 Å². The van der Waals surface area contributed by atoms with Crippen LogP contribution < -0.4 is 21.7 Å². The van der Waals surface area contributed by atoms with Crippen LogP contribution in [0.1, 0.15) is 22.3 Å². The van der Waals surface area contributed by atoms with E-state index in [4.69, 9.17) is 14.2 Å². The van der Waals surface area contributed by atoms with Crippen molar-refractivity contribution in [3.05, 3.63) is 70.8 Å². The molecule has 0 saturated carbocycles. The Labute approximate surface area is 197 Å². The molecule has 35 heavy (non-hydrogen) atoms.